The number of ether oxygens (including phenoxy) is 1. The van der Waals surface area contributed by atoms with Gasteiger partial charge in [-0.15, -0.1) is 0 Å². The van der Waals surface area contributed by atoms with Crippen LogP contribution in [0.15, 0.2) is 17.0 Å². The van der Waals surface area contributed by atoms with E-state index in [4.69, 9.17) is 10.9 Å². The second-order valence-electron chi connectivity index (χ2n) is 4.05. The summed E-state index contributed by atoms with van der Waals surface area (Å²) >= 11 is 0. The molecule has 1 aliphatic heterocycles. The lowest BCUT2D eigenvalue weighted by molar-refractivity contribution is -0.384. The lowest BCUT2D eigenvalue weighted by atomic mass is 10.1. The van der Waals surface area contributed by atoms with Gasteiger partial charge in [0.1, 0.15) is 5.69 Å². The molecule has 1 atom stereocenters. The molecule has 0 fully saturated rings. The van der Waals surface area contributed by atoms with Crippen LogP contribution in [0.5, 0.6) is 0 Å². The molecule has 1 aromatic carbocycles. The topological polar surface area (TPSA) is 168 Å². The van der Waals surface area contributed by atoms with Gasteiger partial charge in [0.15, 0.2) is 6.23 Å². The van der Waals surface area contributed by atoms with E-state index in [1.54, 1.807) is 0 Å². The van der Waals surface area contributed by atoms with Crippen LogP contribution in [0, 0.1) is 10.1 Å². The number of carbonyl (C=O) groups is 1. The maximum absolute atomic E-state index is 11.3. The summed E-state index contributed by atoms with van der Waals surface area (Å²) in [6.07, 6.45) is -1.90. The highest BCUT2D eigenvalue weighted by molar-refractivity contribution is 7.89. The molecular weight excluding hydrogens is 292 g/mol. The van der Waals surface area contributed by atoms with Crippen molar-refractivity contribution in [2.75, 3.05) is 5.32 Å². The van der Waals surface area contributed by atoms with E-state index in [0.717, 1.165) is 6.07 Å². The molecular formula is C9H10N4O6S. The van der Waals surface area contributed by atoms with Crippen molar-refractivity contribution in [3.05, 3.63) is 27.8 Å². The van der Waals surface area contributed by atoms with Gasteiger partial charge in [-0.2, -0.15) is 0 Å². The Kier molecular flexibility index (Phi) is 3.23. The van der Waals surface area contributed by atoms with E-state index in [1.807, 2.05) is 0 Å². The summed E-state index contributed by atoms with van der Waals surface area (Å²) in [5, 5.41) is 18.5. The lowest BCUT2D eigenvalue weighted by Gasteiger charge is -2.09. The number of hydrogen-bond donors (Lipinski definition) is 3. The minimum atomic E-state index is -4.09. The van der Waals surface area contributed by atoms with Gasteiger partial charge in [0.2, 0.25) is 10.0 Å². The predicted molar refractivity (Wildman–Crippen MR) is 66.3 cm³/mol. The Balaban J connectivity index is 2.49. The van der Waals surface area contributed by atoms with Gasteiger partial charge in [-0.05, 0) is 11.6 Å². The molecule has 0 bridgehead atoms. The molecule has 0 unspecified atom stereocenters. The van der Waals surface area contributed by atoms with E-state index in [0.29, 0.717) is 5.56 Å². The largest absolute Gasteiger partial charge is 0.425 e. The summed E-state index contributed by atoms with van der Waals surface area (Å²) in [4.78, 5) is 20.5. The molecule has 1 heterocycles. The van der Waals surface area contributed by atoms with Gasteiger partial charge in [0.25, 0.3) is 5.69 Å². The number of primary sulfonamides is 1. The number of nitro benzene ring substituents is 1. The number of carbonyl (C=O) groups excluding carboxylic acids is 1. The molecule has 5 N–H and O–H groups in total. The quantitative estimate of drug-likeness (QED) is 0.505. The highest BCUT2D eigenvalue weighted by Gasteiger charge is 2.32. The molecule has 2 rings (SSSR count). The minimum absolute atomic E-state index is 0.0441. The molecule has 1 aromatic rings. The van der Waals surface area contributed by atoms with Crippen LogP contribution >= 0.6 is 0 Å². The third kappa shape index (κ3) is 2.62. The van der Waals surface area contributed by atoms with Crippen LogP contribution in [0.3, 0.4) is 0 Å². The van der Waals surface area contributed by atoms with E-state index in [2.05, 4.69) is 10.1 Å². The first kappa shape index (κ1) is 14.0. The minimum Gasteiger partial charge on any atom is -0.425 e. The van der Waals surface area contributed by atoms with Gasteiger partial charge in [-0.1, -0.05) is 0 Å². The zero-order valence-electron chi connectivity index (χ0n) is 9.90. The monoisotopic (exact) mass is 302 g/mol. The number of benzene rings is 1. The number of nitrogens with one attached hydrogen (secondary N) is 1. The van der Waals surface area contributed by atoms with Crippen LogP contribution in [0.25, 0.3) is 0 Å². The van der Waals surface area contributed by atoms with Crippen molar-refractivity contribution in [2.24, 2.45) is 10.9 Å². The molecule has 0 spiro atoms. The number of amides is 1. The van der Waals surface area contributed by atoms with Crippen molar-refractivity contribution in [1.82, 2.24) is 0 Å². The average molecular weight is 302 g/mol. The summed E-state index contributed by atoms with van der Waals surface area (Å²) in [5.41, 5.74) is 4.76. The molecule has 108 valence electrons. The maximum atomic E-state index is 11.3. The maximum Gasteiger partial charge on any atom is 0.406 e. The van der Waals surface area contributed by atoms with Crippen molar-refractivity contribution in [1.29, 1.82) is 0 Å². The Labute approximate surface area is 112 Å². The van der Waals surface area contributed by atoms with Crippen molar-refractivity contribution < 1.29 is 22.9 Å². The van der Waals surface area contributed by atoms with E-state index in [-0.39, 0.29) is 17.0 Å². The first-order valence-electron chi connectivity index (χ1n) is 5.25. The Bertz CT molecular complexity index is 701. The molecule has 1 aliphatic rings. The van der Waals surface area contributed by atoms with Crippen LogP contribution in [0.4, 0.5) is 16.2 Å². The number of nitro groups is 1. The molecule has 0 radical (unpaired) electrons. The van der Waals surface area contributed by atoms with Gasteiger partial charge in [0, 0.05) is 12.5 Å². The smallest absolute Gasteiger partial charge is 0.406 e. The van der Waals surface area contributed by atoms with Crippen LogP contribution in [-0.2, 0) is 21.2 Å². The van der Waals surface area contributed by atoms with Crippen LogP contribution < -0.4 is 16.2 Å². The van der Waals surface area contributed by atoms with Crippen LogP contribution in [0.1, 0.15) is 5.56 Å². The third-order valence-electron chi connectivity index (χ3n) is 2.67. The highest BCUT2D eigenvalue weighted by atomic mass is 32.2. The summed E-state index contributed by atoms with van der Waals surface area (Å²) in [5.74, 6) is 0. The number of fused-ring (bicyclic) bond motifs is 1. The fourth-order valence-corrected chi connectivity index (χ4v) is 2.50. The number of sulfonamides is 1. The first-order chi connectivity index (χ1) is 9.18. The lowest BCUT2D eigenvalue weighted by Crippen LogP contribution is -2.27. The molecule has 10 nitrogen and oxygen atoms in total. The molecule has 0 aromatic heterocycles. The van der Waals surface area contributed by atoms with Gasteiger partial charge >= 0.3 is 6.09 Å². The highest BCUT2D eigenvalue weighted by Crippen LogP contribution is 2.37. The molecule has 0 saturated carbocycles. The van der Waals surface area contributed by atoms with Crippen molar-refractivity contribution >= 4 is 27.5 Å². The zero-order valence-corrected chi connectivity index (χ0v) is 10.7. The van der Waals surface area contributed by atoms with Gasteiger partial charge in [0.05, 0.1) is 9.82 Å². The summed E-state index contributed by atoms with van der Waals surface area (Å²) < 4.78 is 27.3. The normalized spacial score (nSPS) is 17.1. The van der Waals surface area contributed by atoms with E-state index in [1.165, 1.54) is 6.07 Å². The van der Waals surface area contributed by atoms with Crippen LogP contribution in [-0.4, -0.2) is 25.7 Å². The number of primary amides is 1. The third-order valence-corrected chi connectivity index (χ3v) is 3.56. The Hall–Kier alpha value is -2.40. The second kappa shape index (κ2) is 4.61. The van der Waals surface area contributed by atoms with Crippen molar-refractivity contribution in [2.45, 2.75) is 17.5 Å². The molecule has 0 aliphatic carbocycles. The SMILES string of the molecule is NC(=O)O[C@H]1Cc2cc(S(N)(=O)=O)cc([N+](=O)[O-])c2N1. The number of rotatable bonds is 3. The Morgan fingerprint density at radius 1 is 1.50 bits per heavy atom. The molecule has 0 saturated heterocycles. The van der Waals surface area contributed by atoms with Gasteiger partial charge in [-0.3, -0.25) is 10.1 Å². The van der Waals surface area contributed by atoms with E-state index >= 15 is 0 Å². The average Bonchev–Trinajstić information content (AvgIpc) is 2.66. The predicted octanol–water partition coefficient (Wildman–Crippen LogP) is -0.368. The Morgan fingerprint density at radius 2 is 2.15 bits per heavy atom. The van der Waals surface area contributed by atoms with Crippen LogP contribution in [0.2, 0.25) is 0 Å². The fourth-order valence-electron chi connectivity index (χ4n) is 1.92. The van der Waals surface area contributed by atoms with E-state index < -0.39 is 33.0 Å². The standard InChI is InChI=1S/C9H10N4O6S/c10-9(14)19-7-2-4-1-5(20(11,17)18)3-6(13(15)16)8(4)12-7/h1,3,7,12H,2H2,(H2,10,14)(H2,11,17,18)/t7-/m0/s1. The number of hydrogen-bond acceptors (Lipinski definition) is 7. The van der Waals surface area contributed by atoms with Crippen molar-refractivity contribution in [3.63, 3.8) is 0 Å². The first-order valence-corrected chi connectivity index (χ1v) is 6.80. The van der Waals surface area contributed by atoms with Gasteiger partial charge in [-0.25, -0.2) is 18.4 Å². The number of nitrogens with two attached hydrogens (primary N) is 2. The fraction of sp³-hybridized carbons (Fsp3) is 0.222. The van der Waals surface area contributed by atoms with E-state index in [9.17, 15) is 23.3 Å². The number of anilines is 1. The number of nitrogens with zero attached hydrogens (tertiary/aromatic N) is 1. The molecule has 1 amide bonds. The zero-order chi connectivity index (χ0) is 15.1. The summed E-state index contributed by atoms with van der Waals surface area (Å²) in [6, 6.07) is 2.03. The second-order valence-corrected chi connectivity index (χ2v) is 5.61. The molecule has 20 heavy (non-hydrogen) atoms. The summed E-state index contributed by atoms with van der Waals surface area (Å²) in [6.45, 7) is 0. The Morgan fingerprint density at radius 3 is 2.65 bits per heavy atom. The van der Waals surface area contributed by atoms with Crippen molar-refractivity contribution in [3.8, 4) is 0 Å². The van der Waals surface area contributed by atoms with Gasteiger partial charge < -0.3 is 15.8 Å². The molecule has 11 heteroatoms. The summed E-state index contributed by atoms with van der Waals surface area (Å²) in [7, 11) is -4.09.